The molecule has 0 N–H and O–H groups in total. The maximum absolute atomic E-state index is 3.85. The molecule has 1 heterocycles. The summed E-state index contributed by atoms with van der Waals surface area (Å²) in [6, 6.07) is 49.5. The first-order valence-corrected chi connectivity index (χ1v) is 14.6. The molecule has 7 aromatic rings. The third kappa shape index (κ3) is 2.67. The molecule has 2 aliphatic rings. The van der Waals surface area contributed by atoms with E-state index in [1.54, 1.807) is 0 Å². The fourth-order valence-electron chi connectivity index (χ4n) is 7.69. The Morgan fingerprint density at radius 3 is 1.73 bits per heavy atom. The van der Waals surface area contributed by atoms with E-state index in [9.17, 15) is 0 Å². The Hall–Kier alpha value is -4.40. The molecule has 0 fully saturated rings. The molecular formula is C38H24BrN. The van der Waals surface area contributed by atoms with Gasteiger partial charge in [0.2, 0.25) is 0 Å². The van der Waals surface area contributed by atoms with Gasteiger partial charge in [0.25, 0.3) is 0 Å². The second-order valence-corrected chi connectivity index (χ2v) is 11.8. The highest BCUT2D eigenvalue weighted by atomic mass is 79.9. The van der Waals surface area contributed by atoms with Crippen molar-refractivity contribution >= 4 is 37.7 Å². The average molecular weight is 575 g/mol. The standard InChI is InChI=1S/C38H24BrN/c39-34-19-9-1-11-24(34)23-40-35-20-10-5-15-28(35)30-22-21-29-27-14-4-8-18-33(27)38(36(29)37(30)40)31-16-6-2-12-25(31)26-13-3-7-17-32(26)38/h1-22H,23H2. The van der Waals surface area contributed by atoms with Gasteiger partial charge in [-0.15, -0.1) is 0 Å². The summed E-state index contributed by atoms with van der Waals surface area (Å²) in [4.78, 5) is 0. The van der Waals surface area contributed by atoms with E-state index in [-0.39, 0.29) is 5.41 Å². The van der Waals surface area contributed by atoms with Crippen LogP contribution >= 0.6 is 15.9 Å². The van der Waals surface area contributed by atoms with E-state index in [4.69, 9.17) is 0 Å². The number of aromatic nitrogens is 1. The van der Waals surface area contributed by atoms with Crippen LogP contribution in [0.3, 0.4) is 0 Å². The Kier molecular flexibility index (Phi) is 4.52. The molecule has 6 aromatic carbocycles. The van der Waals surface area contributed by atoms with Crippen molar-refractivity contribution in [2.75, 3.05) is 0 Å². The molecule has 1 spiro atoms. The predicted molar refractivity (Wildman–Crippen MR) is 169 cm³/mol. The molecule has 1 aromatic heterocycles. The zero-order valence-corrected chi connectivity index (χ0v) is 23.3. The van der Waals surface area contributed by atoms with E-state index < -0.39 is 0 Å². The number of benzene rings is 6. The molecular weight excluding hydrogens is 550 g/mol. The zero-order chi connectivity index (χ0) is 26.4. The van der Waals surface area contributed by atoms with Crippen molar-refractivity contribution in [1.29, 1.82) is 0 Å². The van der Waals surface area contributed by atoms with Gasteiger partial charge < -0.3 is 4.57 Å². The van der Waals surface area contributed by atoms with E-state index in [2.05, 4.69) is 154 Å². The molecule has 0 saturated carbocycles. The van der Waals surface area contributed by atoms with Crippen molar-refractivity contribution in [3.63, 3.8) is 0 Å². The topological polar surface area (TPSA) is 4.93 Å². The maximum Gasteiger partial charge on any atom is 0.0746 e. The SMILES string of the molecule is Brc1ccccc1Cn1c2ccccc2c2ccc3c(c21)C1(c2ccccc2-c2ccccc21)c1ccccc1-3. The van der Waals surface area contributed by atoms with Crippen LogP contribution in [0, 0.1) is 0 Å². The smallest absolute Gasteiger partial charge is 0.0746 e. The van der Waals surface area contributed by atoms with Crippen molar-refractivity contribution in [1.82, 2.24) is 4.57 Å². The molecule has 0 unspecified atom stereocenters. The van der Waals surface area contributed by atoms with Gasteiger partial charge >= 0.3 is 0 Å². The molecule has 0 saturated heterocycles. The molecule has 1 nitrogen and oxygen atoms in total. The molecule has 0 amide bonds. The van der Waals surface area contributed by atoms with Gasteiger partial charge in [-0.2, -0.15) is 0 Å². The molecule has 0 radical (unpaired) electrons. The summed E-state index contributed by atoms with van der Waals surface area (Å²) in [6.45, 7) is 0.789. The number of hydrogen-bond acceptors (Lipinski definition) is 0. The minimum Gasteiger partial charge on any atom is -0.336 e. The molecule has 40 heavy (non-hydrogen) atoms. The molecule has 9 rings (SSSR count). The predicted octanol–water partition coefficient (Wildman–Crippen LogP) is 9.95. The van der Waals surface area contributed by atoms with Crippen molar-refractivity contribution in [3.8, 4) is 22.3 Å². The Morgan fingerprint density at radius 1 is 0.500 bits per heavy atom. The quantitative estimate of drug-likeness (QED) is 0.194. The van der Waals surface area contributed by atoms with Crippen LogP contribution in [0.15, 0.2) is 138 Å². The van der Waals surface area contributed by atoms with Gasteiger partial charge in [-0.3, -0.25) is 0 Å². The van der Waals surface area contributed by atoms with Crippen molar-refractivity contribution < 1.29 is 0 Å². The van der Waals surface area contributed by atoms with Crippen LogP contribution in [0.25, 0.3) is 44.1 Å². The monoisotopic (exact) mass is 573 g/mol. The zero-order valence-electron chi connectivity index (χ0n) is 21.7. The van der Waals surface area contributed by atoms with E-state index in [0.29, 0.717) is 0 Å². The number of fused-ring (bicyclic) bond motifs is 14. The van der Waals surface area contributed by atoms with Crippen LogP contribution in [0.2, 0.25) is 0 Å². The van der Waals surface area contributed by atoms with Gasteiger partial charge in [-0.05, 0) is 56.6 Å². The third-order valence-electron chi connectivity index (χ3n) is 9.17. The summed E-state index contributed by atoms with van der Waals surface area (Å²) in [5, 5.41) is 2.62. The Balaban J connectivity index is 1.51. The maximum atomic E-state index is 3.85. The highest BCUT2D eigenvalue weighted by Gasteiger charge is 2.52. The molecule has 0 bridgehead atoms. The summed E-state index contributed by atoms with van der Waals surface area (Å²) >= 11 is 3.85. The minimum absolute atomic E-state index is 0.376. The summed E-state index contributed by atoms with van der Waals surface area (Å²) in [5.74, 6) is 0. The Morgan fingerprint density at radius 2 is 1.05 bits per heavy atom. The lowest BCUT2D eigenvalue weighted by molar-refractivity contribution is 0.783. The van der Waals surface area contributed by atoms with Crippen LogP contribution in [-0.2, 0) is 12.0 Å². The molecule has 2 aliphatic carbocycles. The van der Waals surface area contributed by atoms with Crippen LogP contribution in [-0.4, -0.2) is 4.57 Å². The number of para-hydroxylation sites is 1. The van der Waals surface area contributed by atoms with Crippen LogP contribution in [0.5, 0.6) is 0 Å². The van der Waals surface area contributed by atoms with Crippen molar-refractivity contribution in [3.05, 3.63) is 166 Å². The van der Waals surface area contributed by atoms with Crippen molar-refractivity contribution in [2.24, 2.45) is 0 Å². The average Bonchev–Trinajstić information content (AvgIpc) is 3.60. The lowest BCUT2D eigenvalue weighted by Gasteiger charge is -2.31. The number of hydrogen-bond donors (Lipinski definition) is 0. The van der Waals surface area contributed by atoms with Gasteiger partial charge in [0.1, 0.15) is 0 Å². The molecule has 0 atom stereocenters. The largest absolute Gasteiger partial charge is 0.336 e. The molecule has 188 valence electrons. The van der Waals surface area contributed by atoms with Gasteiger partial charge in [0.05, 0.1) is 10.9 Å². The molecule has 2 heteroatoms. The van der Waals surface area contributed by atoms with E-state index in [1.807, 2.05) is 0 Å². The first-order valence-electron chi connectivity index (χ1n) is 13.9. The summed E-state index contributed by atoms with van der Waals surface area (Å²) in [7, 11) is 0. The highest BCUT2D eigenvalue weighted by molar-refractivity contribution is 9.10. The van der Waals surface area contributed by atoms with Crippen LogP contribution in [0.1, 0.15) is 27.8 Å². The van der Waals surface area contributed by atoms with Gasteiger partial charge in [0.15, 0.2) is 0 Å². The van der Waals surface area contributed by atoms with E-state index in [0.717, 1.165) is 11.0 Å². The van der Waals surface area contributed by atoms with Gasteiger partial charge in [-0.1, -0.05) is 137 Å². The normalized spacial score (nSPS) is 13.9. The first-order chi connectivity index (χ1) is 19.8. The lowest BCUT2D eigenvalue weighted by Crippen LogP contribution is -2.26. The van der Waals surface area contributed by atoms with Gasteiger partial charge in [0, 0.05) is 32.9 Å². The number of halogens is 1. The second kappa shape index (κ2) is 8.06. The van der Waals surface area contributed by atoms with Crippen molar-refractivity contribution in [2.45, 2.75) is 12.0 Å². The number of rotatable bonds is 2. The number of nitrogens with zero attached hydrogens (tertiary/aromatic N) is 1. The third-order valence-corrected chi connectivity index (χ3v) is 9.94. The minimum atomic E-state index is -0.376. The summed E-state index contributed by atoms with van der Waals surface area (Å²) in [6.07, 6.45) is 0. The Labute approximate surface area is 241 Å². The lowest BCUT2D eigenvalue weighted by atomic mass is 9.70. The fourth-order valence-corrected chi connectivity index (χ4v) is 8.10. The van der Waals surface area contributed by atoms with Gasteiger partial charge in [-0.25, -0.2) is 0 Å². The fraction of sp³-hybridized carbons (Fsp3) is 0.0526. The first kappa shape index (κ1) is 22.4. The Bertz CT molecular complexity index is 2100. The summed E-state index contributed by atoms with van der Waals surface area (Å²) in [5.41, 5.74) is 14.4. The molecule has 0 aliphatic heterocycles. The van der Waals surface area contributed by atoms with E-state index >= 15 is 0 Å². The van der Waals surface area contributed by atoms with Crippen LogP contribution in [0.4, 0.5) is 0 Å². The second-order valence-electron chi connectivity index (χ2n) is 11.0. The van der Waals surface area contributed by atoms with E-state index in [1.165, 1.54) is 71.9 Å². The van der Waals surface area contributed by atoms with Crippen LogP contribution < -0.4 is 0 Å². The summed E-state index contributed by atoms with van der Waals surface area (Å²) < 4.78 is 3.71. The highest BCUT2D eigenvalue weighted by Crippen LogP contribution is 2.64.